The maximum Gasteiger partial charge on any atom is 0.455 e. The van der Waals surface area contributed by atoms with E-state index < -0.39 is 18.4 Å². The van der Waals surface area contributed by atoms with Crippen molar-refractivity contribution in [3.63, 3.8) is 0 Å². The largest absolute Gasteiger partial charge is 0.455 e. The molecular weight excluding hydrogens is 275 g/mol. The fourth-order valence-electron chi connectivity index (χ4n) is 1.60. The monoisotopic (exact) mass is 281 g/mol. The summed E-state index contributed by atoms with van der Waals surface area (Å²) in [6, 6.07) is 3.76. The van der Waals surface area contributed by atoms with Crippen molar-refractivity contribution < 1.29 is 28.2 Å². The van der Waals surface area contributed by atoms with Gasteiger partial charge in [0.25, 0.3) is 0 Å². The molecule has 0 aliphatic carbocycles. The number of rotatable bonds is 0. The van der Waals surface area contributed by atoms with E-state index in [0.29, 0.717) is 0 Å². The van der Waals surface area contributed by atoms with Gasteiger partial charge in [-0.25, -0.2) is 0 Å². The van der Waals surface area contributed by atoms with Gasteiger partial charge in [-0.2, -0.15) is 13.2 Å². The molecule has 1 aromatic rings. The van der Waals surface area contributed by atoms with E-state index in [0.717, 1.165) is 0 Å². The molecule has 18 heavy (non-hydrogen) atoms. The lowest BCUT2D eigenvalue weighted by Crippen LogP contribution is -2.54. The smallest absolute Gasteiger partial charge is 0.452 e. The van der Waals surface area contributed by atoms with Gasteiger partial charge in [0.15, 0.2) is 0 Å². The summed E-state index contributed by atoms with van der Waals surface area (Å²) >= 11 is 5.68. The number of alkyl halides is 3. The second-order valence-corrected chi connectivity index (χ2v) is 4.18. The Morgan fingerprint density at radius 2 is 2.06 bits per heavy atom. The number of aliphatic hydroxyl groups is 1. The zero-order valence-electron chi connectivity index (χ0n) is 8.70. The molecule has 0 unspecified atom stereocenters. The van der Waals surface area contributed by atoms with E-state index in [1.807, 2.05) is 0 Å². The molecule has 2 N–H and O–H groups in total. The van der Waals surface area contributed by atoms with Gasteiger partial charge in [-0.3, -0.25) is 0 Å². The van der Waals surface area contributed by atoms with Crippen LogP contribution in [0.5, 0.6) is 5.75 Å². The average molecular weight is 282 g/mol. The van der Waals surface area contributed by atoms with Gasteiger partial charge in [-0.1, -0.05) is 16.8 Å². The van der Waals surface area contributed by atoms with Gasteiger partial charge in [-0.15, -0.1) is 0 Å². The van der Waals surface area contributed by atoms with Crippen LogP contribution in [0.25, 0.3) is 0 Å². The summed E-state index contributed by atoms with van der Waals surface area (Å²) in [5.41, 5.74) is -0.238. The van der Waals surface area contributed by atoms with Gasteiger partial charge >= 0.3 is 12.0 Å². The molecule has 1 atom stereocenters. The Labute approximate surface area is 104 Å². The predicted octanol–water partition coefficient (Wildman–Crippen LogP) is 2.55. The van der Waals surface area contributed by atoms with E-state index in [1.54, 1.807) is 0 Å². The zero-order valence-corrected chi connectivity index (χ0v) is 9.46. The number of ether oxygens (including phenoxy) is 1. The van der Waals surface area contributed by atoms with Gasteiger partial charge in [0.05, 0.1) is 12.1 Å². The molecule has 2 rings (SSSR count). The normalized spacial score (nSPS) is 25.7. The van der Waals surface area contributed by atoms with Crippen LogP contribution in [-0.2, 0) is 0 Å². The number of benzene rings is 1. The van der Waals surface area contributed by atoms with Gasteiger partial charge in [0.2, 0.25) is 0 Å². The Morgan fingerprint density at radius 3 is 2.61 bits per heavy atom. The van der Waals surface area contributed by atoms with E-state index in [9.17, 15) is 18.3 Å². The molecule has 0 amide bonds. The number of hydrogen-bond acceptors (Lipinski definition) is 4. The van der Waals surface area contributed by atoms with E-state index in [4.69, 9.17) is 16.8 Å². The summed E-state index contributed by atoms with van der Waals surface area (Å²) in [5, 5.41) is 21.2. The lowest BCUT2D eigenvalue weighted by atomic mass is 9.97. The maximum absolute atomic E-state index is 12.7. The number of fused-ring (bicyclic) bond motifs is 1. The van der Waals surface area contributed by atoms with Crippen LogP contribution in [0.4, 0.5) is 13.2 Å². The first kappa shape index (κ1) is 13.0. The van der Waals surface area contributed by atoms with Gasteiger partial charge < -0.3 is 15.1 Å². The molecule has 0 spiro atoms. The van der Waals surface area contributed by atoms with E-state index in [1.165, 1.54) is 18.2 Å². The minimum Gasteiger partial charge on any atom is -0.452 e. The second-order valence-electron chi connectivity index (χ2n) is 3.75. The van der Waals surface area contributed by atoms with Crippen molar-refractivity contribution >= 4 is 17.3 Å². The minimum atomic E-state index is -5.01. The number of nitrogens with zero attached hydrogens (tertiary/aromatic N) is 1. The molecule has 1 heterocycles. The number of hydrogen-bond donors (Lipinski definition) is 2. The van der Waals surface area contributed by atoms with Gasteiger partial charge in [0, 0.05) is 10.6 Å². The van der Waals surface area contributed by atoms with Gasteiger partial charge in [0.1, 0.15) is 5.75 Å². The van der Waals surface area contributed by atoms with Crippen LogP contribution in [0.3, 0.4) is 0 Å². The van der Waals surface area contributed by atoms with Gasteiger partial charge in [-0.05, 0) is 18.2 Å². The summed E-state index contributed by atoms with van der Waals surface area (Å²) < 4.78 is 42.6. The molecule has 1 aliphatic heterocycles. The molecule has 0 saturated heterocycles. The molecule has 1 aliphatic rings. The third-order valence-corrected chi connectivity index (χ3v) is 2.74. The first-order chi connectivity index (χ1) is 8.27. The number of halogens is 4. The fraction of sp³-hybridized carbons (Fsp3) is 0.300. The minimum absolute atomic E-state index is 0.110. The molecule has 0 saturated carbocycles. The highest BCUT2D eigenvalue weighted by atomic mass is 35.5. The Hall–Kier alpha value is -1.47. The SMILES string of the molecule is O/N=C1\C[C@](O)(C(F)(F)F)Oc2ccc(Cl)cc21. The van der Waals surface area contributed by atoms with E-state index >= 15 is 0 Å². The first-order valence-corrected chi connectivity index (χ1v) is 5.13. The molecule has 98 valence electrons. The lowest BCUT2D eigenvalue weighted by molar-refractivity contribution is -0.333. The van der Waals surface area contributed by atoms with Crippen molar-refractivity contribution in [1.82, 2.24) is 0 Å². The molecule has 0 fully saturated rings. The quantitative estimate of drug-likeness (QED) is 0.567. The zero-order chi connectivity index (χ0) is 13.6. The summed E-state index contributed by atoms with van der Waals surface area (Å²) in [6.07, 6.45) is -6.03. The Bertz CT molecular complexity index is 518. The van der Waals surface area contributed by atoms with Crippen molar-refractivity contribution in [3.8, 4) is 5.75 Å². The second kappa shape index (κ2) is 4.03. The Balaban J connectivity index is 2.54. The van der Waals surface area contributed by atoms with E-state index in [2.05, 4.69) is 9.89 Å². The van der Waals surface area contributed by atoms with Crippen LogP contribution in [0.2, 0.25) is 5.02 Å². The summed E-state index contributed by atoms with van der Waals surface area (Å²) in [7, 11) is 0. The van der Waals surface area contributed by atoms with Crippen LogP contribution in [0, 0.1) is 0 Å². The van der Waals surface area contributed by atoms with Crippen molar-refractivity contribution in [2.24, 2.45) is 5.16 Å². The van der Waals surface area contributed by atoms with Crippen molar-refractivity contribution in [2.45, 2.75) is 18.4 Å². The molecular formula is C10H7ClF3NO3. The van der Waals surface area contributed by atoms with Crippen LogP contribution >= 0.6 is 11.6 Å². The first-order valence-electron chi connectivity index (χ1n) is 4.76. The topological polar surface area (TPSA) is 62.1 Å². The van der Waals surface area contributed by atoms with Crippen molar-refractivity contribution in [3.05, 3.63) is 28.8 Å². The average Bonchev–Trinajstić information content (AvgIpc) is 2.27. The molecule has 0 aromatic heterocycles. The van der Waals surface area contributed by atoms with Crippen molar-refractivity contribution in [2.75, 3.05) is 0 Å². The third kappa shape index (κ3) is 1.99. The Morgan fingerprint density at radius 1 is 1.39 bits per heavy atom. The maximum atomic E-state index is 12.7. The lowest BCUT2D eigenvalue weighted by Gasteiger charge is -2.35. The molecule has 8 heteroatoms. The third-order valence-electron chi connectivity index (χ3n) is 2.50. The highest BCUT2D eigenvalue weighted by Gasteiger charge is 2.59. The summed E-state index contributed by atoms with van der Waals surface area (Å²) in [4.78, 5) is 0. The van der Waals surface area contributed by atoms with Crippen LogP contribution in [-0.4, -0.2) is 28.0 Å². The molecule has 0 radical (unpaired) electrons. The standard InChI is InChI=1S/C10H7ClF3NO3/c11-5-1-2-8-6(3-5)7(15-17)4-9(16,18-8)10(12,13)14/h1-3,16-17H,4H2/b15-7+/t9-/m1/s1. The fourth-order valence-corrected chi connectivity index (χ4v) is 1.78. The van der Waals surface area contributed by atoms with Crippen LogP contribution in [0.1, 0.15) is 12.0 Å². The molecule has 4 nitrogen and oxygen atoms in total. The predicted molar refractivity (Wildman–Crippen MR) is 56.0 cm³/mol. The number of oxime groups is 1. The van der Waals surface area contributed by atoms with E-state index in [-0.39, 0.29) is 22.0 Å². The Kier molecular flexibility index (Phi) is 2.90. The van der Waals surface area contributed by atoms with Crippen molar-refractivity contribution in [1.29, 1.82) is 0 Å². The van der Waals surface area contributed by atoms with Crippen LogP contribution in [0.15, 0.2) is 23.4 Å². The van der Waals surface area contributed by atoms with Crippen LogP contribution < -0.4 is 4.74 Å². The summed E-state index contributed by atoms with van der Waals surface area (Å²) in [6.45, 7) is 0. The summed E-state index contributed by atoms with van der Waals surface area (Å²) in [5.74, 6) is -3.66. The highest BCUT2D eigenvalue weighted by Crippen LogP contribution is 2.42. The highest BCUT2D eigenvalue weighted by molar-refractivity contribution is 6.31. The molecule has 1 aromatic carbocycles. The molecule has 0 bridgehead atoms.